The van der Waals surface area contributed by atoms with Gasteiger partial charge in [-0.15, -0.1) is 0 Å². The Morgan fingerprint density at radius 1 is 1.36 bits per heavy atom. The van der Waals surface area contributed by atoms with Crippen LogP contribution >= 0.6 is 0 Å². The van der Waals surface area contributed by atoms with Gasteiger partial charge in [-0.1, -0.05) is 12.1 Å². The number of ether oxygens (including phenoxy) is 1. The van der Waals surface area contributed by atoms with Crippen molar-refractivity contribution >= 4 is 17.6 Å². The van der Waals surface area contributed by atoms with Crippen molar-refractivity contribution in [2.24, 2.45) is 0 Å². The molecule has 0 aliphatic carbocycles. The van der Waals surface area contributed by atoms with Crippen LogP contribution in [0.4, 0.5) is 5.69 Å². The van der Waals surface area contributed by atoms with Gasteiger partial charge in [0.25, 0.3) is 5.91 Å². The van der Waals surface area contributed by atoms with Crippen LogP contribution in [0.25, 0.3) is 0 Å². The minimum absolute atomic E-state index is 0.149. The summed E-state index contributed by atoms with van der Waals surface area (Å²) in [5.74, 6) is -1.29. The van der Waals surface area contributed by atoms with Crippen LogP contribution in [0.2, 0.25) is 0 Å². The number of rotatable bonds is 6. The summed E-state index contributed by atoms with van der Waals surface area (Å²) >= 11 is 0. The summed E-state index contributed by atoms with van der Waals surface area (Å²) in [6.45, 7) is 2.14. The van der Waals surface area contributed by atoms with Gasteiger partial charge >= 0.3 is 5.97 Å². The maximum atomic E-state index is 12.4. The standard InChI is InChI=1S/C16H17NO5/c1-10-8-22-13(7-14(18)19)15(10)16(20)17-12-5-3-4-11(6-12)9-21-2/h3-6,8H,7,9H2,1-2H3,(H,17,20)(H,18,19). The summed E-state index contributed by atoms with van der Waals surface area (Å²) < 4.78 is 10.2. The van der Waals surface area contributed by atoms with Crippen molar-refractivity contribution in [2.75, 3.05) is 12.4 Å². The third kappa shape index (κ3) is 3.73. The first-order valence-electron chi connectivity index (χ1n) is 6.69. The van der Waals surface area contributed by atoms with Gasteiger partial charge in [-0.05, 0) is 24.6 Å². The molecule has 0 saturated carbocycles. The number of hydrogen-bond donors (Lipinski definition) is 2. The predicted octanol–water partition coefficient (Wildman–Crippen LogP) is 2.61. The lowest BCUT2D eigenvalue weighted by molar-refractivity contribution is -0.136. The van der Waals surface area contributed by atoms with Gasteiger partial charge in [-0.3, -0.25) is 9.59 Å². The molecule has 0 unspecified atom stereocenters. The van der Waals surface area contributed by atoms with E-state index < -0.39 is 11.9 Å². The molecule has 1 amide bonds. The van der Waals surface area contributed by atoms with E-state index >= 15 is 0 Å². The first-order chi connectivity index (χ1) is 10.5. The van der Waals surface area contributed by atoms with Crippen LogP contribution < -0.4 is 5.32 Å². The lowest BCUT2D eigenvalue weighted by atomic mass is 10.1. The van der Waals surface area contributed by atoms with E-state index in [2.05, 4.69) is 5.32 Å². The zero-order chi connectivity index (χ0) is 16.1. The van der Waals surface area contributed by atoms with Crippen LogP contribution in [0.15, 0.2) is 34.9 Å². The fraction of sp³-hybridized carbons (Fsp3) is 0.250. The number of anilines is 1. The zero-order valence-corrected chi connectivity index (χ0v) is 12.4. The number of aliphatic carboxylic acids is 1. The molecule has 2 N–H and O–H groups in total. The molecular formula is C16H17NO5. The van der Waals surface area contributed by atoms with Gasteiger partial charge in [0.05, 0.1) is 18.4 Å². The summed E-state index contributed by atoms with van der Waals surface area (Å²) in [7, 11) is 1.60. The molecule has 0 bridgehead atoms. The second-order valence-corrected chi connectivity index (χ2v) is 4.87. The SMILES string of the molecule is COCc1cccc(NC(=O)c2c(C)coc2CC(=O)O)c1. The van der Waals surface area contributed by atoms with Gasteiger partial charge in [0.2, 0.25) is 0 Å². The van der Waals surface area contributed by atoms with E-state index in [0.29, 0.717) is 17.9 Å². The van der Waals surface area contributed by atoms with E-state index in [1.165, 1.54) is 6.26 Å². The lowest BCUT2D eigenvalue weighted by Gasteiger charge is -2.08. The average molecular weight is 303 g/mol. The average Bonchev–Trinajstić information content (AvgIpc) is 2.79. The summed E-state index contributed by atoms with van der Waals surface area (Å²) in [6, 6.07) is 7.25. The van der Waals surface area contributed by atoms with Crippen molar-refractivity contribution in [3.05, 3.63) is 53.0 Å². The smallest absolute Gasteiger partial charge is 0.311 e. The molecule has 0 aliphatic rings. The van der Waals surface area contributed by atoms with Gasteiger partial charge in [0, 0.05) is 18.4 Å². The minimum Gasteiger partial charge on any atom is -0.481 e. The van der Waals surface area contributed by atoms with Crippen LogP contribution in [-0.2, 0) is 22.6 Å². The fourth-order valence-electron chi connectivity index (χ4n) is 2.17. The van der Waals surface area contributed by atoms with E-state index in [0.717, 1.165) is 5.56 Å². The molecule has 2 aromatic rings. The van der Waals surface area contributed by atoms with Crippen LogP contribution in [-0.4, -0.2) is 24.1 Å². The third-order valence-corrected chi connectivity index (χ3v) is 3.09. The number of furan rings is 1. The highest BCUT2D eigenvalue weighted by Crippen LogP contribution is 2.20. The molecule has 1 heterocycles. The molecule has 0 spiro atoms. The van der Waals surface area contributed by atoms with Gasteiger partial charge in [-0.25, -0.2) is 0 Å². The number of amides is 1. The molecule has 22 heavy (non-hydrogen) atoms. The first-order valence-corrected chi connectivity index (χ1v) is 6.69. The molecule has 1 aromatic heterocycles. The molecule has 0 atom stereocenters. The molecule has 2 rings (SSSR count). The fourth-order valence-corrected chi connectivity index (χ4v) is 2.17. The van der Waals surface area contributed by atoms with Gasteiger partial charge in [0.1, 0.15) is 12.2 Å². The number of carbonyl (C=O) groups is 2. The van der Waals surface area contributed by atoms with Gasteiger partial charge < -0.3 is 19.6 Å². The maximum absolute atomic E-state index is 12.4. The molecule has 6 heteroatoms. The topological polar surface area (TPSA) is 88.8 Å². The Hall–Kier alpha value is -2.60. The summed E-state index contributed by atoms with van der Waals surface area (Å²) in [5.41, 5.74) is 2.40. The number of carbonyl (C=O) groups excluding carboxylic acids is 1. The number of carboxylic acids is 1. The van der Waals surface area contributed by atoms with E-state index in [-0.39, 0.29) is 17.7 Å². The Kier molecular flexibility index (Phi) is 4.95. The zero-order valence-electron chi connectivity index (χ0n) is 12.4. The molecule has 0 aliphatic heterocycles. The molecule has 0 radical (unpaired) electrons. The Morgan fingerprint density at radius 2 is 2.14 bits per heavy atom. The minimum atomic E-state index is -1.05. The summed E-state index contributed by atoms with van der Waals surface area (Å²) in [6.07, 6.45) is 1.05. The number of hydrogen-bond acceptors (Lipinski definition) is 4. The predicted molar refractivity (Wildman–Crippen MR) is 79.9 cm³/mol. The van der Waals surface area contributed by atoms with Crippen molar-refractivity contribution in [3.63, 3.8) is 0 Å². The second-order valence-electron chi connectivity index (χ2n) is 4.87. The highest BCUT2D eigenvalue weighted by atomic mass is 16.5. The van der Waals surface area contributed by atoms with E-state index in [4.69, 9.17) is 14.3 Å². The quantitative estimate of drug-likeness (QED) is 0.856. The van der Waals surface area contributed by atoms with Crippen molar-refractivity contribution in [1.29, 1.82) is 0 Å². The number of carboxylic acid groups (broad SMARTS) is 1. The largest absolute Gasteiger partial charge is 0.481 e. The van der Waals surface area contributed by atoms with Crippen molar-refractivity contribution in [2.45, 2.75) is 20.0 Å². The Morgan fingerprint density at radius 3 is 2.82 bits per heavy atom. The van der Waals surface area contributed by atoms with Crippen LogP contribution in [0, 0.1) is 6.92 Å². The maximum Gasteiger partial charge on any atom is 0.311 e. The monoisotopic (exact) mass is 303 g/mol. The number of nitrogens with one attached hydrogen (secondary N) is 1. The highest BCUT2D eigenvalue weighted by Gasteiger charge is 2.20. The second kappa shape index (κ2) is 6.91. The highest BCUT2D eigenvalue weighted by molar-refractivity contribution is 6.06. The Balaban J connectivity index is 2.20. The Labute approximate surface area is 127 Å². The normalized spacial score (nSPS) is 10.5. The van der Waals surface area contributed by atoms with E-state index in [1.807, 2.05) is 12.1 Å². The molecule has 116 valence electrons. The summed E-state index contributed by atoms with van der Waals surface area (Å²) in [5, 5.41) is 11.6. The van der Waals surface area contributed by atoms with Crippen LogP contribution in [0.1, 0.15) is 27.2 Å². The van der Waals surface area contributed by atoms with Crippen LogP contribution in [0.3, 0.4) is 0 Å². The molecule has 6 nitrogen and oxygen atoms in total. The number of benzene rings is 1. The van der Waals surface area contributed by atoms with Gasteiger partial charge in [-0.2, -0.15) is 0 Å². The van der Waals surface area contributed by atoms with E-state index in [1.54, 1.807) is 26.2 Å². The first kappa shape index (κ1) is 15.8. The number of aryl methyl sites for hydroxylation is 1. The van der Waals surface area contributed by atoms with Crippen molar-refractivity contribution in [1.82, 2.24) is 0 Å². The molecule has 0 fully saturated rings. The van der Waals surface area contributed by atoms with Crippen molar-refractivity contribution < 1.29 is 23.8 Å². The van der Waals surface area contributed by atoms with E-state index in [9.17, 15) is 9.59 Å². The lowest BCUT2D eigenvalue weighted by Crippen LogP contribution is -2.15. The summed E-state index contributed by atoms with van der Waals surface area (Å²) in [4.78, 5) is 23.2. The van der Waals surface area contributed by atoms with Crippen LogP contribution in [0.5, 0.6) is 0 Å². The third-order valence-electron chi connectivity index (χ3n) is 3.09. The van der Waals surface area contributed by atoms with Crippen molar-refractivity contribution in [3.8, 4) is 0 Å². The Bertz CT molecular complexity index is 690. The molecule has 0 saturated heterocycles. The number of methoxy groups -OCH3 is 1. The van der Waals surface area contributed by atoms with Gasteiger partial charge in [0.15, 0.2) is 0 Å². The molecular weight excluding hydrogens is 286 g/mol. The molecule has 1 aromatic carbocycles.